The van der Waals surface area contributed by atoms with Gasteiger partial charge in [0.25, 0.3) is 0 Å². The molecule has 4 N–H and O–H groups in total. The summed E-state index contributed by atoms with van der Waals surface area (Å²) in [5.74, 6) is -2.77. The second-order valence-electron chi connectivity index (χ2n) is 8.49. The molecule has 3 aromatic rings. The van der Waals surface area contributed by atoms with E-state index >= 15 is 0 Å². The molecule has 2 aromatic carbocycles. The quantitative estimate of drug-likeness (QED) is 0.247. The molecule has 3 heterocycles. The zero-order chi connectivity index (χ0) is 23.3. The number of halogens is 4. The standard InChI is InChI=1S/C22H22ClF3N6O/c1-32-11-3-6-16(17(32)7-4-11)28-22-29-19-12(9-15(25)18(26)20(19)30-22)21(31-33)27-10-2-5-14(24)13(23)8-10/h2,5,8-9,11,16-17,33H,3-4,6-7H2,1H3,(H,27,31)(H2,28,29,30)/t11-,16?,17-/m1/s1. The molecule has 5 rings (SSSR count). The van der Waals surface area contributed by atoms with Gasteiger partial charge in [-0.25, -0.2) is 23.1 Å². The van der Waals surface area contributed by atoms with Crippen molar-refractivity contribution in [3.05, 3.63) is 52.3 Å². The molecule has 0 radical (unpaired) electrons. The predicted molar refractivity (Wildman–Crippen MR) is 120 cm³/mol. The number of H-pyrrole nitrogens is 1. The maximum absolute atomic E-state index is 14.6. The first-order valence-corrected chi connectivity index (χ1v) is 11.0. The van der Waals surface area contributed by atoms with Crippen LogP contribution in [0.15, 0.2) is 29.3 Å². The Balaban J connectivity index is 1.53. The van der Waals surface area contributed by atoms with Crippen LogP contribution in [0.25, 0.3) is 11.0 Å². The lowest BCUT2D eigenvalue weighted by molar-refractivity contribution is 0.165. The summed E-state index contributed by atoms with van der Waals surface area (Å²) in [7, 11) is 2.11. The normalized spacial score (nSPS) is 23.3. The van der Waals surface area contributed by atoms with Crippen LogP contribution in [-0.2, 0) is 0 Å². The molecule has 1 aromatic heterocycles. The smallest absolute Gasteiger partial charge is 0.201 e. The molecule has 0 saturated carbocycles. The molecular weight excluding hydrogens is 457 g/mol. The van der Waals surface area contributed by atoms with E-state index in [-0.39, 0.29) is 39.2 Å². The van der Waals surface area contributed by atoms with Crippen molar-refractivity contribution >= 4 is 40.1 Å². The summed E-state index contributed by atoms with van der Waals surface area (Å²) in [5, 5.41) is 12.9. The third-order valence-corrected chi connectivity index (χ3v) is 6.95. The summed E-state index contributed by atoms with van der Waals surface area (Å²) in [6, 6.07) is 5.67. The van der Waals surface area contributed by atoms with Gasteiger partial charge in [-0.2, -0.15) is 0 Å². The fourth-order valence-electron chi connectivity index (χ4n) is 4.97. The number of nitrogens with one attached hydrogen (secondary N) is 3. The lowest BCUT2D eigenvalue weighted by atomic mass is 9.98. The number of aromatic amines is 1. The van der Waals surface area contributed by atoms with Crippen LogP contribution in [0.1, 0.15) is 31.2 Å². The van der Waals surface area contributed by atoms with E-state index in [4.69, 9.17) is 11.6 Å². The number of imidazole rings is 1. The summed E-state index contributed by atoms with van der Waals surface area (Å²) in [5.41, 5.74) is 2.09. The highest BCUT2D eigenvalue weighted by atomic mass is 35.5. The molecule has 0 aliphatic carbocycles. The molecule has 174 valence electrons. The fourth-order valence-corrected chi connectivity index (χ4v) is 5.14. The van der Waals surface area contributed by atoms with Gasteiger partial charge in [-0.15, -0.1) is 0 Å². The van der Waals surface area contributed by atoms with Gasteiger partial charge in [0, 0.05) is 23.7 Å². The van der Waals surface area contributed by atoms with Gasteiger partial charge < -0.3 is 10.3 Å². The first-order chi connectivity index (χ1) is 15.9. The second kappa shape index (κ2) is 8.51. The SMILES string of the molecule is CN1[C@@H]2CCC(Nc3nc4c(F)c(F)cc(C(=Nc5ccc(F)c(Cl)c5)NO)c4[nH]3)[C@H]1CC2. The number of rotatable bonds is 4. The molecule has 11 heteroatoms. The van der Waals surface area contributed by atoms with Crippen LogP contribution < -0.4 is 10.8 Å². The maximum Gasteiger partial charge on any atom is 0.201 e. The van der Waals surface area contributed by atoms with Crippen LogP contribution in [0.5, 0.6) is 0 Å². The lowest BCUT2D eigenvalue weighted by Gasteiger charge is -2.37. The molecule has 7 nitrogen and oxygen atoms in total. The van der Waals surface area contributed by atoms with E-state index in [0.29, 0.717) is 18.0 Å². The highest BCUT2D eigenvalue weighted by Gasteiger charge is 2.40. The van der Waals surface area contributed by atoms with Crippen LogP contribution in [0.3, 0.4) is 0 Å². The molecule has 2 bridgehead atoms. The topological polar surface area (TPSA) is 88.6 Å². The number of likely N-dealkylation sites (N-methyl/N-ethyl adjacent to an activating group) is 1. The van der Waals surface area contributed by atoms with Crippen molar-refractivity contribution in [2.75, 3.05) is 12.4 Å². The van der Waals surface area contributed by atoms with Gasteiger partial charge in [-0.1, -0.05) is 11.6 Å². The molecule has 1 unspecified atom stereocenters. The number of aliphatic imine (C=N–C) groups is 1. The number of nitrogens with zero attached hydrogens (tertiary/aromatic N) is 3. The third kappa shape index (κ3) is 3.92. The van der Waals surface area contributed by atoms with Crippen LogP contribution in [0, 0.1) is 17.5 Å². The summed E-state index contributed by atoms with van der Waals surface area (Å²) in [6.45, 7) is 0. The zero-order valence-corrected chi connectivity index (χ0v) is 18.4. The van der Waals surface area contributed by atoms with Crippen LogP contribution in [-0.4, -0.2) is 51.1 Å². The van der Waals surface area contributed by atoms with E-state index in [1.54, 1.807) is 0 Å². The first kappa shape index (κ1) is 22.0. The Morgan fingerprint density at radius 1 is 1.18 bits per heavy atom. The average Bonchev–Trinajstić information content (AvgIpc) is 3.31. The Morgan fingerprint density at radius 2 is 1.97 bits per heavy atom. The minimum absolute atomic E-state index is 0.0501. The Morgan fingerprint density at radius 3 is 2.73 bits per heavy atom. The van der Waals surface area contributed by atoms with Crippen molar-refractivity contribution < 1.29 is 18.4 Å². The molecule has 0 spiro atoms. The van der Waals surface area contributed by atoms with Gasteiger partial charge in [-0.05, 0) is 57.0 Å². The van der Waals surface area contributed by atoms with Crippen molar-refractivity contribution in [3.63, 3.8) is 0 Å². The minimum Gasteiger partial charge on any atom is -0.351 e. The number of aromatic nitrogens is 2. The Hall–Kier alpha value is -2.82. The van der Waals surface area contributed by atoms with Gasteiger partial charge in [0.1, 0.15) is 11.3 Å². The van der Waals surface area contributed by atoms with Gasteiger partial charge >= 0.3 is 0 Å². The molecule has 2 saturated heterocycles. The molecule has 2 aliphatic rings. The first-order valence-electron chi connectivity index (χ1n) is 10.7. The fraction of sp³-hybridized carbons (Fsp3) is 0.364. The maximum atomic E-state index is 14.6. The number of benzene rings is 2. The van der Waals surface area contributed by atoms with Gasteiger partial charge in [0.15, 0.2) is 17.5 Å². The Bertz CT molecular complexity index is 1250. The zero-order valence-electron chi connectivity index (χ0n) is 17.7. The van der Waals surface area contributed by atoms with Crippen LogP contribution in [0.2, 0.25) is 5.02 Å². The molecule has 33 heavy (non-hydrogen) atoms. The molecule has 0 amide bonds. The van der Waals surface area contributed by atoms with Crippen molar-refractivity contribution in [2.24, 2.45) is 4.99 Å². The monoisotopic (exact) mass is 478 g/mol. The summed E-state index contributed by atoms with van der Waals surface area (Å²) >= 11 is 5.80. The van der Waals surface area contributed by atoms with E-state index in [1.165, 1.54) is 12.1 Å². The van der Waals surface area contributed by atoms with Crippen LogP contribution in [0.4, 0.5) is 24.8 Å². The van der Waals surface area contributed by atoms with Gasteiger partial charge in [0.05, 0.1) is 16.2 Å². The number of hydroxylamine groups is 1. The molecule has 2 fully saturated rings. The molecule has 2 aliphatic heterocycles. The summed E-state index contributed by atoms with van der Waals surface area (Å²) in [6.07, 6.45) is 4.24. The minimum atomic E-state index is -1.15. The van der Waals surface area contributed by atoms with E-state index in [2.05, 4.69) is 32.2 Å². The van der Waals surface area contributed by atoms with E-state index in [1.807, 2.05) is 5.48 Å². The predicted octanol–water partition coefficient (Wildman–Crippen LogP) is 4.73. The number of piperidine rings is 1. The average molecular weight is 479 g/mol. The highest BCUT2D eigenvalue weighted by Crippen LogP contribution is 2.36. The van der Waals surface area contributed by atoms with Gasteiger partial charge in [-0.3, -0.25) is 15.6 Å². The van der Waals surface area contributed by atoms with Crippen LogP contribution >= 0.6 is 11.6 Å². The lowest BCUT2D eigenvalue weighted by Crippen LogP contribution is -2.48. The van der Waals surface area contributed by atoms with Crippen molar-refractivity contribution in [2.45, 2.75) is 43.8 Å². The van der Waals surface area contributed by atoms with Crippen molar-refractivity contribution in [1.82, 2.24) is 20.3 Å². The summed E-state index contributed by atoms with van der Waals surface area (Å²) in [4.78, 5) is 13.8. The van der Waals surface area contributed by atoms with E-state index in [0.717, 1.165) is 37.8 Å². The Kier molecular flexibility index (Phi) is 5.67. The Labute approximate surface area is 192 Å². The third-order valence-electron chi connectivity index (χ3n) is 6.66. The van der Waals surface area contributed by atoms with Gasteiger partial charge in [0.2, 0.25) is 5.95 Å². The number of amidine groups is 1. The molecule has 3 atom stereocenters. The number of hydrogen-bond donors (Lipinski definition) is 4. The largest absolute Gasteiger partial charge is 0.351 e. The number of hydrogen-bond acceptors (Lipinski definition) is 5. The van der Waals surface area contributed by atoms with Crippen molar-refractivity contribution in [3.8, 4) is 0 Å². The number of anilines is 1. The highest BCUT2D eigenvalue weighted by molar-refractivity contribution is 6.31. The second-order valence-corrected chi connectivity index (χ2v) is 8.90. The van der Waals surface area contributed by atoms with Crippen molar-refractivity contribution in [1.29, 1.82) is 0 Å². The number of fused-ring (bicyclic) bond motifs is 3. The van der Waals surface area contributed by atoms with E-state index < -0.39 is 17.5 Å². The summed E-state index contributed by atoms with van der Waals surface area (Å²) < 4.78 is 42.5. The van der Waals surface area contributed by atoms with E-state index in [9.17, 15) is 18.4 Å². The molecular formula is C22H22ClF3N6O.